The molecular weight excluding hydrogens is 368 g/mol. The number of urea groups is 1. The standard InChI is InChI=1S/C22H26N4O3/c1-2-3-13-23-21(28)18(14-16-9-5-4-6-10-16)25-22(29)26-15-20(27)24-17-11-7-8-12-19(17)26/h4-12,18H,2-3,13-15H2,1H3,(H,23,28)(H,24,27)(H,25,29)/t18-/m1/s1. The predicted octanol–water partition coefficient (Wildman–Crippen LogP) is 2.68. The molecule has 4 amide bonds. The Hall–Kier alpha value is -3.35. The van der Waals surface area contributed by atoms with Crippen LogP contribution >= 0.6 is 0 Å². The molecule has 0 unspecified atom stereocenters. The minimum Gasteiger partial charge on any atom is -0.354 e. The first kappa shape index (κ1) is 20.4. The number of amides is 4. The number of nitrogens with zero attached hydrogens (tertiary/aromatic N) is 1. The molecule has 1 atom stereocenters. The fourth-order valence-electron chi connectivity index (χ4n) is 3.21. The molecule has 29 heavy (non-hydrogen) atoms. The highest BCUT2D eigenvalue weighted by molar-refractivity contribution is 6.10. The quantitative estimate of drug-likeness (QED) is 0.631. The van der Waals surface area contributed by atoms with Crippen LogP contribution in [-0.4, -0.2) is 37.0 Å². The second-order valence-electron chi connectivity index (χ2n) is 6.99. The van der Waals surface area contributed by atoms with E-state index < -0.39 is 12.1 Å². The molecule has 0 aromatic heterocycles. The van der Waals surface area contributed by atoms with Gasteiger partial charge in [-0.15, -0.1) is 0 Å². The number of hydrogen-bond donors (Lipinski definition) is 3. The second kappa shape index (κ2) is 9.73. The Morgan fingerprint density at radius 3 is 2.59 bits per heavy atom. The molecule has 1 aliphatic rings. The fraction of sp³-hybridized carbons (Fsp3) is 0.318. The van der Waals surface area contributed by atoms with Crippen molar-refractivity contribution >= 4 is 29.2 Å². The fourth-order valence-corrected chi connectivity index (χ4v) is 3.21. The minimum absolute atomic E-state index is 0.0989. The van der Waals surface area contributed by atoms with Gasteiger partial charge in [0, 0.05) is 13.0 Å². The topological polar surface area (TPSA) is 90.5 Å². The monoisotopic (exact) mass is 394 g/mol. The van der Waals surface area contributed by atoms with Crippen LogP contribution in [0.25, 0.3) is 0 Å². The lowest BCUT2D eigenvalue weighted by Gasteiger charge is -2.30. The van der Waals surface area contributed by atoms with Gasteiger partial charge in [-0.25, -0.2) is 4.79 Å². The minimum atomic E-state index is -0.737. The average molecular weight is 394 g/mol. The summed E-state index contributed by atoms with van der Waals surface area (Å²) in [5.41, 5.74) is 2.13. The van der Waals surface area contributed by atoms with E-state index in [9.17, 15) is 14.4 Å². The lowest BCUT2D eigenvalue weighted by Crippen LogP contribution is -2.54. The van der Waals surface area contributed by atoms with E-state index in [1.165, 1.54) is 4.90 Å². The number of carbonyl (C=O) groups excluding carboxylic acids is 3. The highest BCUT2D eigenvalue weighted by Gasteiger charge is 2.29. The molecule has 2 aromatic carbocycles. The Balaban J connectivity index is 1.76. The van der Waals surface area contributed by atoms with E-state index in [0.717, 1.165) is 18.4 Å². The van der Waals surface area contributed by atoms with Gasteiger partial charge >= 0.3 is 6.03 Å². The van der Waals surface area contributed by atoms with Gasteiger partial charge in [0.15, 0.2) is 0 Å². The summed E-state index contributed by atoms with van der Waals surface area (Å²) in [5, 5.41) is 8.46. The van der Waals surface area contributed by atoms with Crippen molar-refractivity contribution < 1.29 is 14.4 Å². The zero-order valence-electron chi connectivity index (χ0n) is 16.5. The number of anilines is 2. The van der Waals surface area contributed by atoms with Crippen LogP contribution in [0.1, 0.15) is 25.3 Å². The van der Waals surface area contributed by atoms with E-state index in [1.807, 2.05) is 37.3 Å². The van der Waals surface area contributed by atoms with Crippen LogP contribution in [0.3, 0.4) is 0 Å². The number of nitrogens with one attached hydrogen (secondary N) is 3. The molecule has 3 rings (SSSR count). The third-order valence-electron chi connectivity index (χ3n) is 4.74. The van der Waals surface area contributed by atoms with Gasteiger partial charge in [0.25, 0.3) is 0 Å². The summed E-state index contributed by atoms with van der Waals surface area (Å²) in [6.07, 6.45) is 2.21. The molecule has 0 fully saturated rings. The Morgan fingerprint density at radius 1 is 1.10 bits per heavy atom. The van der Waals surface area contributed by atoms with Gasteiger partial charge in [0.1, 0.15) is 12.6 Å². The maximum atomic E-state index is 13.0. The van der Waals surface area contributed by atoms with E-state index in [1.54, 1.807) is 24.3 Å². The van der Waals surface area contributed by atoms with Crippen molar-refractivity contribution in [3.63, 3.8) is 0 Å². The number of fused-ring (bicyclic) bond motifs is 1. The summed E-state index contributed by atoms with van der Waals surface area (Å²) in [6.45, 7) is 2.51. The molecular formula is C22H26N4O3. The van der Waals surface area contributed by atoms with E-state index >= 15 is 0 Å². The zero-order valence-corrected chi connectivity index (χ0v) is 16.5. The van der Waals surface area contributed by atoms with Crippen LogP contribution in [0.2, 0.25) is 0 Å². The maximum absolute atomic E-state index is 13.0. The molecule has 3 N–H and O–H groups in total. The molecule has 2 aromatic rings. The van der Waals surface area contributed by atoms with Gasteiger partial charge < -0.3 is 16.0 Å². The van der Waals surface area contributed by atoms with Crippen molar-refractivity contribution in [1.82, 2.24) is 10.6 Å². The summed E-state index contributed by atoms with van der Waals surface area (Å²) in [6, 6.07) is 15.4. The molecule has 7 heteroatoms. The molecule has 0 aliphatic carbocycles. The van der Waals surface area contributed by atoms with Crippen molar-refractivity contribution in [3.8, 4) is 0 Å². The number of para-hydroxylation sites is 2. The molecule has 1 aliphatic heterocycles. The van der Waals surface area contributed by atoms with Crippen LogP contribution in [0, 0.1) is 0 Å². The second-order valence-corrected chi connectivity index (χ2v) is 6.99. The largest absolute Gasteiger partial charge is 0.354 e. The van der Waals surface area contributed by atoms with E-state index in [2.05, 4.69) is 16.0 Å². The highest BCUT2D eigenvalue weighted by atomic mass is 16.2. The van der Waals surface area contributed by atoms with Gasteiger partial charge in [0.05, 0.1) is 11.4 Å². The smallest absolute Gasteiger partial charge is 0.323 e. The first-order chi connectivity index (χ1) is 14.1. The van der Waals surface area contributed by atoms with Gasteiger partial charge in [-0.05, 0) is 24.1 Å². The first-order valence-corrected chi connectivity index (χ1v) is 9.87. The third-order valence-corrected chi connectivity index (χ3v) is 4.74. The molecule has 7 nitrogen and oxygen atoms in total. The van der Waals surface area contributed by atoms with Crippen LogP contribution in [0.4, 0.5) is 16.2 Å². The summed E-state index contributed by atoms with van der Waals surface area (Å²) >= 11 is 0. The lowest BCUT2D eigenvalue weighted by atomic mass is 10.1. The Labute approximate surface area is 170 Å². The number of unbranched alkanes of at least 4 members (excludes halogenated alkanes) is 1. The van der Waals surface area contributed by atoms with Crippen LogP contribution in [0.5, 0.6) is 0 Å². The van der Waals surface area contributed by atoms with Crippen LogP contribution < -0.4 is 20.9 Å². The Bertz CT molecular complexity index is 869. The summed E-state index contributed by atoms with van der Waals surface area (Å²) in [7, 11) is 0. The molecule has 1 heterocycles. The van der Waals surface area contributed by atoms with Crippen molar-refractivity contribution in [2.75, 3.05) is 23.3 Å². The average Bonchev–Trinajstić information content (AvgIpc) is 2.73. The molecule has 0 radical (unpaired) electrons. The van der Waals surface area contributed by atoms with Crippen LogP contribution in [0.15, 0.2) is 54.6 Å². The van der Waals surface area contributed by atoms with E-state index in [-0.39, 0.29) is 18.4 Å². The molecule has 0 spiro atoms. The molecule has 152 valence electrons. The maximum Gasteiger partial charge on any atom is 0.323 e. The summed E-state index contributed by atoms with van der Waals surface area (Å²) in [5.74, 6) is -0.503. The number of hydrogen-bond acceptors (Lipinski definition) is 3. The number of rotatable bonds is 7. The SMILES string of the molecule is CCCCNC(=O)[C@@H](Cc1ccccc1)NC(=O)N1CC(=O)Nc2ccccc21. The van der Waals surface area contributed by atoms with E-state index in [0.29, 0.717) is 24.3 Å². The summed E-state index contributed by atoms with van der Waals surface area (Å²) in [4.78, 5) is 39.1. The number of benzene rings is 2. The first-order valence-electron chi connectivity index (χ1n) is 9.87. The van der Waals surface area contributed by atoms with Crippen molar-refractivity contribution in [2.24, 2.45) is 0 Å². The molecule has 0 bridgehead atoms. The third kappa shape index (κ3) is 5.34. The van der Waals surface area contributed by atoms with Gasteiger partial charge in [-0.2, -0.15) is 0 Å². The summed E-state index contributed by atoms with van der Waals surface area (Å²) < 4.78 is 0. The van der Waals surface area contributed by atoms with Crippen molar-refractivity contribution in [3.05, 3.63) is 60.2 Å². The van der Waals surface area contributed by atoms with Crippen molar-refractivity contribution in [1.29, 1.82) is 0 Å². The zero-order chi connectivity index (χ0) is 20.6. The van der Waals surface area contributed by atoms with Crippen molar-refractivity contribution in [2.45, 2.75) is 32.2 Å². The van der Waals surface area contributed by atoms with Gasteiger partial charge in [-0.3, -0.25) is 14.5 Å². The Kier molecular flexibility index (Phi) is 6.84. The van der Waals surface area contributed by atoms with Gasteiger partial charge in [-0.1, -0.05) is 55.8 Å². The molecule has 0 saturated heterocycles. The highest BCUT2D eigenvalue weighted by Crippen LogP contribution is 2.28. The van der Waals surface area contributed by atoms with Gasteiger partial charge in [0.2, 0.25) is 11.8 Å². The van der Waals surface area contributed by atoms with Crippen LogP contribution in [-0.2, 0) is 16.0 Å². The lowest BCUT2D eigenvalue weighted by molar-refractivity contribution is -0.122. The van der Waals surface area contributed by atoms with E-state index in [4.69, 9.17) is 0 Å². The molecule has 0 saturated carbocycles. The number of carbonyl (C=O) groups is 3. The Morgan fingerprint density at radius 2 is 1.83 bits per heavy atom. The predicted molar refractivity (Wildman–Crippen MR) is 113 cm³/mol. The normalized spacial score (nSPS) is 13.8.